The molecule has 0 heterocycles. The molecule has 1 aliphatic rings. The molecule has 1 atom stereocenters. The van der Waals surface area contributed by atoms with Crippen molar-refractivity contribution in [2.45, 2.75) is 24.9 Å². The molecule has 1 fully saturated rings. The molecule has 0 bridgehead atoms. The van der Waals surface area contributed by atoms with Crippen LogP contribution in [0.4, 0.5) is 4.39 Å². The molecule has 0 aliphatic heterocycles. The first-order valence-corrected chi connectivity index (χ1v) is 6.29. The van der Waals surface area contributed by atoms with E-state index >= 15 is 0 Å². The minimum Gasteiger partial charge on any atom is -0.329 e. The van der Waals surface area contributed by atoms with E-state index in [4.69, 9.17) is 5.73 Å². The molecule has 0 aromatic heterocycles. The van der Waals surface area contributed by atoms with Crippen molar-refractivity contribution >= 4 is 15.9 Å². The van der Waals surface area contributed by atoms with Gasteiger partial charge in [-0.3, -0.25) is 4.90 Å². The van der Waals surface area contributed by atoms with E-state index in [0.29, 0.717) is 17.1 Å². The Morgan fingerprint density at radius 2 is 2.25 bits per heavy atom. The Kier molecular flexibility index (Phi) is 3.62. The molecule has 0 spiro atoms. The minimum atomic E-state index is -0.228. The number of hydrogen-bond donors (Lipinski definition) is 1. The zero-order valence-corrected chi connectivity index (χ0v) is 10.9. The molecule has 1 unspecified atom stereocenters. The second kappa shape index (κ2) is 4.82. The Hall–Kier alpha value is -0.450. The molecule has 1 aromatic carbocycles. The van der Waals surface area contributed by atoms with Gasteiger partial charge in [-0.05, 0) is 53.5 Å². The van der Waals surface area contributed by atoms with Crippen molar-refractivity contribution in [3.8, 4) is 0 Å². The van der Waals surface area contributed by atoms with Gasteiger partial charge in [-0.1, -0.05) is 6.07 Å². The highest BCUT2D eigenvalue weighted by Gasteiger charge is 2.31. The number of hydrogen-bond acceptors (Lipinski definition) is 2. The molecular weight excluding hydrogens is 271 g/mol. The lowest BCUT2D eigenvalue weighted by molar-refractivity contribution is 0.240. The summed E-state index contributed by atoms with van der Waals surface area (Å²) in [6.07, 6.45) is 2.49. The lowest BCUT2D eigenvalue weighted by atomic mass is 10.1. The van der Waals surface area contributed by atoms with Crippen LogP contribution in [0.1, 0.15) is 24.4 Å². The highest BCUT2D eigenvalue weighted by molar-refractivity contribution is 9.10. The molecule has 0 amide bonds. The molecule has 0 radical (unpaired) electrons. The van der Waals surface area contributed by atoms with E-state index < -0.39 is 0 Å². The van der Waals surface area contributed by atoms with E-state index in [1.165, 1.54) is 18.9 Å². The zero-order chi connectivity index (χ0) is 11.7. The van der Waals surface area contributed by atoms with Crippen molar-refractivity contribution in [2.75, 3.05) is 13.6 Å². The van der Waals surface area contributed by atoms with Gasteiger partial charge in [0.2, 0.25) is 0 Å². The third kappa shape index (κ3) is 2.44. The molecule has 1 aromatic rings. The topological polar surface area (TPSA) is 29.3 Å². The number of nitrogens with two attached hydrogens (primary N) is 1. The number of benzene rings is 1. The van der Waals surface area contributed by atoms with Crippen molar-refractivity contribution in [1.82, 2.24) is 4.90 Å². The van der Waals surface area contributed by atoms with Crippen LogP contribution in [-0.4, -0.2) is 24.5 Å². The molecule has 2 N–H and O–H groups in total. The maximum Gasteiger partial charge on any atom is 0.137 e. The van der Waals surface area contributed by atoms with Gasteiger partial charge in [-0.25, -0.2) is 4.39 Å². The second-order valence-corrected chi connectivity index (χ2v) is 5.18. The van der Waals surface area contributed by atoms with Crippen LogP contribution in [0.5, 0.6) is 0 Å². The summed E-state index contributed by atoms with van der Waals surface area (Å²) < 4.78 is 13.7. The zero-order valence-electron chi connectivity index (χ0n) is 9.29. The molecule has 2 nitrogen and oxygen atoms in total. The van der Waals surface area contributed by atoms with Gasteiger partial charge >= 0.3 is 0 Å². The van der Waals surface area contributed by atoms with E-state index in [1.54, 1.807) is 0 Å². The summed E-state index contributed by atoms with van der Waals surface area (Å²) in [5.74, 6) is -0.228. The SMILES string of the molecule is CN(C1CC1)C(CN)c1ccc(F)c(Br)c1. The predicted molar refractivity (Wildman–Crippen MR) is 66.7 cm³/mol. The van der Waals surface area contributed by atoms with Crippen molar-refractivity contribution < 1.29 is 4.39 Å². The molecule has 1 saturated carbocycles. The van der Waals surface area contributed by atoms with E-state index in [0.717, 1.165) is 5.56 Å². The van der Waals surface area contributed by atoms with Gasteiger partial charge in [0.25, 0.3) is 0 Å². The number of halogens is 2. The van der Waals surface area contributed by atoms with Gasteiger partial charge in [0.05, 0.1) is 4.47 Å². The molecule has 16 heavy (non-hydrogen) atoms. The lowest BCUT2D eigenvalue weighted by Crippen LogP contribution is -2.32. The Balaban J connectivity index is 2.21. The van der Waals surface area contributed by atoms with E-state index in [-0.39, 0.29) is 11.9 Å². The predicted octanol–water partition coefficient (Wildman–Crippen LogP) is 2.68. The summed E-state index contributed by atoms with van der Waals surface area (Å²) in [4.78, 5) is 2.29. The van der Waals surface area contributed by atoms with Gasteiger partial charge in [0, 0.05) is 18.6 Å². The summed E-state index contributed by atoms with van der Waals surface area (Å²) in [7, 11) is 2.09. The van der Waals surface area contributed by atoms with Gasteiger partial charge < -0.3 is 5.73 Å². The van der Waals surface area contributed by atoms with Gasteiger partial charge in [0.1, 0.15) is 5.82 Å². The van der Waals surface area contributed by atoms with E-state index in [1.807, 2.05) is 12.1 Å². The Morgan fingerprint density at radius 1 is 1.56 bits per heavy atom. The maximum atomic E-state index is 13.1. The summed E-state index contributed by atoms with van der Waals surface area (Å²) in [5, 5.41) is 0. The fourth-order valence-corrected chi connectivity index (χ4v) is 2.39. The third-order valence-corrected chi connectivity index (χ3v) is 3.77. The molecule has 1 aliphatic carbocycles. The first kappa shape index (κ1) is 12.0. The monoisotopic (exact) mass is 286 g/mol. The first-order valence-electron chi connectivity index (χ1n) is 5.50. The van der Waals surface area contributed by atoms with Crippen LogP contribution in [-0.2, 0) is 0 Å². The fraction of sp³-hybridized carbons (Fsp3) is 0.500. The fourth-order valence-electron chi connectivity index (χ4n) is 1.99. The average Bonchev–Trinajstić information content (AvgIpc) is 3.07. The second-order valence-electron chi connectivity index (χ2n) is 4.32. The van der Waals surface area contributed by atoms with Crippen molar-refractivity contribution in [3.05, 3.63) is 34.1 Å². The van der Waals surface area contributed by atoms with Crippen LogP contribution < -0.4 is 5.73 Å². The van der Waals surface area contributed by atoms with Crippen LogP contribution in [0.25, 0.3) is 0 Å². The van der Waals surface area contributed by atoms with Gasteiger partial charge in [-0.15, -0.1) is 0 Å². The molecule has 2 rings (SSSR count). The lowest BCUT2D eigenvalue weighted by Gasteiger charge is -2.27. The van der Waals surface area contributed by atoms with Crippen molar-refractivity contribution in [2.24, 2.45) is 5.73 Å². The van der Waals surface area contributed by atoms with E-state index in [2.05, 4.69) is 27.9 Å². The van der Waals surface area contributed by atoms with Gasteiger partial charge in [0.15, 0.2) is 0 Å². The standard InChI is InChI=1S/C12H16BrFN2/c1-16(9-3-4-9)12(7-15)8-2-5-11(14)10(13)6-8/h2,5-6,9,12H,3-4,7,15H2,1H3. The Morgan fingerprint density at radius 3 is 2.75 bits per heavy atom. The van der Waals surface area contributed by atoms with Crippen LogP contribution >= 0.6 is 15.9 Å². The molecule has 0 saturated heterocycles. The van der Waals surface area contributed by atoms with Crippen LogP contribution in [0.2, 0.25) is 0 Å². The molecular formula is C12H16BrFN2. The number of likely N-dealkylation sites (N-methyl/N-ethyl adjacent to an activating group) is 1. The largest absolute Gasteiger partial charge is 0.329 e. The average molecular weight is 287 g/mol. The van der Waals surface area contributed by atoms with E-state index in [9.17, 15) is 4.39 Å². The molecule has 4 heteroatoms. The summed E-state index contributed by atoms with van der Waals surface area (Å²) in [6.45, 7) is 0.561. The maximum absolute atomic E-state index is 13.1. The highest BCUT2D eigenvalue weighted by atomic mass is 79.9. The summed E-state index contributed by atoms with van der Waals surface area (Å²) in [5.41, 5.74) is 6.88. The number of nitrogens with zero attached hydrogens (tertiary/aromatic N) is 1. The van der Waals surface area contributed by atoms with Crippen molar-refractivity contribution in [3.63, 3.8) is 0 Å². The van der Waals surface area contributed by atoms with Gasteiger partial charge in [-0.2, -0.15) is 0 Å². The van der Waals surface area contributed by atoms with Crippen LogP contribution in [0, 0.1) is 5.82 Å². The minimum absolute atomic E-state index is 0.185. The van der Waals surface area contributed by atoms with Crippen LogP contribution in [0.3, 0.4) is 0 Å². The quantitative estimate of drug-likeness (QED) is 0.922. The van der Waals surface area contributed by atoms with Crippen LogP contribution in [0.15, 0.2) is 22.7 Å². The number of rotatable bonds is 4. The van der Waals surface area contributed by atoms with Crippen molar-refractivity contribution in [1.29, 1.82) is 0 Å². The summed E-state index contributed by atoms with van der Waals surface area (Å²) in [6, 6.07) is 5.96. The first-order chi connectivity index (χ1) is 7.63. The highest BCUT2D eigenvalue weighted by Crippen LogP contribution is 2.33. The third-order valence-electron chi connectivity index (χ3n) is 3.17. The Labute approximate surface area is 104 Å². The summed E-state index contributed by atoms with van der Waals surface area (Å²) >= 11 is 3.21. The Bertz CT molecular complexity index is 379. The molecule has 88 valence electrons. The normalized spacial score (nSPS) is 17.8. The smallest absolute Gasteiger partial charge is 0.137 e.